The predicted octanol–water partition coefficient (Wildman–Crippen LogP) is 4.29. The zero-order valence-corrected chi connectivity index (χ0v) is 19.1. The summed E-state index contributed by atoms with van der Waals surface area (Å²) in [6.07, 6.45) is 0. The number of fused-ring (bicyclic) bond motifs is 2. The standard InChI is InChI=1S/C24H22Cl2N2O4/c1-14-2-5-19-16(12-14)22(29)20-21(15-3-4-17(25)18(26)13-15)28(24(30)23(20)32-19)7-6-27-8-10-31-11-9-27/h2-5,12-13,21H,6-11H2,1H3. The first kappa shape index (κ1) is 21.5. The minimum atomic E-state index is -0.588. The van der Waals surface area contributed by atoms with Gasteiger partial charge in [-0.15, -0.1) is 0 Å². The molecular formula is C24H22Cl2N2O4. The highest BCUT2D eigenvalue weighted by Crippen LogP contribution is 2.39. The van der Waals surface area contributed by atoms with E-state index in [9.17, 15) is 9.59 Å². The van der Waals surface area contributed by atoms with Crippen molar-refractivity contribution < 1.29 is 13.9 Å². The molecule has 0 saturated carbocycles. The van der Waals surface area contributed by atoms with E-state index in [0.717, 1.165) is 24.2 Å². The van der Waals surface area contributed by atoms with E-state index in [4.69, 9.17) is 32.4 Å². The Morgan fingerprint density at radius 2 is 1.78 bits per heavy atom. The average Bonchev–Trinajstić information content (AvgIpc) is 3.07. The second kappa shape index (κ2) is 8.52. The number of rotatable bonds is 4. The van der Waals surface area contributed by atoms with Gasteiger partial charge in [0.25, 0.3) is 5.91 Å². The molecule has 2 aliphatic rings. The van der Waals surface area contributed by atoms with Gasteiger partial charge in [-0.1, -0.05) is 40.9 Å². The lowest BCUT2D eigenvalue weighted by Gasteiger charge is -2.31. The van der Waals surface area contributed by atoms with Crippen LogP contribution in [0.25, 0.3) is 11.0 Å². The summed E-state index contributed by atoms with van der Waals surface area (Å²) < 4.78 is 11.4. The molecule has 0 spiro atoms. The van der Waals surface area contributed by atoms with Crippen molar-refractivity contribution in [2.75, 3.05) is 39.4 Å². The normalized spacial score (nSPS) is 19.0. The lowest BCUT2D eigenvalue weighted by Crippen LogP contribution is -2.42. The van der Waals surface area contributed by atoms with Crippen molar-refractivity contribution in [2.24, 2.45) is 0 Å². The summed E-state index contributed by atoms with van der Waals surface area (Å²) in [6, 6.07) is 10.0. The number of aryl methyl sites for hydroxylation is 1. The van der Waals surface area contributed by atoms with Crippen molar-refractivity contribution in [2.45, 2.75) is 13.0 Å². The number of carbonyl (C=O) groups is 1. The van der Waals surface area contributed by atoms with Gasteiger partial charge in [0.2, 0.25) is 5.76 Å². The predicted molar refractivity (Wildman–Crippen MR) is 124 cm³/mol. The summed E-state index contributed by atoms with van der Waals surface area (Å²) in [7, 11) is 0. The second-order valence-corrected chi connectivity index (χ2v) is 9.02. The van der Waals surface area contributed by atoms with Gasteiger partial charge >= 0.3 is 0 Å². The number of benzene rings is 2. The van der Waals surface area contributed by atoms with Crippen LogP contribution in [0.3, 0.4) is 0 Å². The Hall–Kier alpha value is -2.38. The smallest absolute Gasteiger partial charge is 0.290 e. The third kappa shape index (κ3) is 3.71. The van der Waals surface area contributed by atoms with E-state index in [1.54, 1.807) is 29.2 Å². The molecule has 1 aromatic heterocycles. The highest BCUT2D eigenvalue weighted by Gasteiger charge is 2.42. The summed E-state index contributed by atoms with van der Waals surface area (Å²) in [4.78, 5) is 31.0. The summed E-state index contributed by atoms with van der Waals surface area (Å²) in [5.74, 6) is -0.187. The van der Waals surface area contributed by atoms with E-state index >= 15 is 0 Å². The van der Waals surface area contributed by atoms with Gasteiger partial charge in [0, 0.05) is 26.2 Å². The van der Waals surface area contributed by atoms with Gasteiger partial charge in [0.05, 0.1) is 40.3 Å². The Bertz CT molecular complexity index is 1270. The third-order valence-corrected chi connectivity index (χ3v) is 6.88. The fourth-order valence-electron chi connectivity index (χ4n) is 4.47. The molecule has 1 saturated heterocycles. The molecular weight excluding hydrogens is 451 g/mol. The fourth-order valence-corrected chi connectivity index (χ4v) is 4.77. The van der Waals surface area contributed by atoms with Crippen molar-refractivity contribution in [3.63, 3.8) is 0 Å². The molecule has 1 unspecified atom stereocenters. The van der Waals surface area contributed by atoms with Crippen LogP contribution in [0.5, 0.6) is 0 Å². The highest BCUT2D eigenvalue weighted by molar-refractivity contribution is 6.42. The molecule has 0 radical (unpaired) electrons. The first-order valence-electron chi connectivity index (χ1n) is 10.6. The molecule has 3 aromatic rings. The van der Waals surface area contributed by atoms with Crippen molar-refractivity contribution in [3.8, 4) is 0 Å². The van der Waals surface area contributed by atoms with Crippen LogP contribution in [0, 0.1) is 6.92 Å². The summed E-state index contributed by atoms with van der Waals surface area (Å²) in [5, 5.41) is 1.26. The lowest BCUT2D eigenvalue weighted by molar-refractivity contribution is 0.0314. The third-order valence-electron chi connectivity index (χ3n) is 6.14. The Labute approximate surface area is 195 Å². The van der Waals surface area contributed by atoms with Crippen LogP contribution in [0.2, 0.25) is 10.0 Å². The van der Waals surface area contributed by atoms with E-state index < -0.39 is 6.04 Å². The second-order valence-electron chi connectivity index (χ2n) is 8.20. The molecule has 5 rings (SSSR count). The minimum absolute atomic E-state index is 0.101. The molecule has 8 heteroatoms. The SMILES string of the molecule is Cc1ccc2oc3c(c(=O)c2c1)C(c1ccc(Cl)c(Cl)c1)N(CCN1CCOCC1)C3=O. The monoisotopic (exact) mass is 472 g/mol. The number of morpholine rings is 1. The van der Waals surface area contributed by atoms with Crippen molar-refractivity contribution in [1.82, 2.24) is 9.80 Å². The maximum absolute atomic E-state index is 13.6. The van der Waals surface area contributed by atoms with Gasteiger partial charge in [0.1, 0.15) is 5.58 Å². The van der Waals surface area contributed by atoms with Gasteiger partial charge in [-0.3, -0.25) is 14.5 Å². The van der Waals surface area contributed by atoms with Gasteiger partial charge in [-0.2, -0.15) is 0 Å². The zero-order chi connectivity index (χ0) is 22.4. The molecule has 1 fully saturated rings. The lowest BCUT2D eigenvalue weighted by atomic mass is 9.98. The van der Waals surface area contributed by atoms with Crippen LogP contribution in [-0.4, -0.2) is 55.1 Å². The van der Waals surface area contributed by atoms with E-state index in [-0.39, 0.29) is 17.1 Å². The summed E-state index contributed by atoms with van der Waals surface area (Å²) in [5.41, 5.74) is 2.25. The van der Waals surface area contributed by atoms with Gasteiger partial charge in [0.15, 0.2) is 5.43 Å². The number of hydrogen-bond acceptors (Lipinski definition) is 5. The Balaban J connectivity index is 1.62. The van der Waals surface area contributed by atoms with Crippen LogP contribution in [0.1, 0.15) is 33.3 Å². The average molecular weight is 473 g/mol. The Morgan fingerprint density at radius 3 is 2.53 bits per heavy atom. The first-order valence-corrected chi connectivity index (χ1v) is 11.3. The molecule has 0 N–H and O–H groups in total. The van der Waals surface area contributed by atoms with Crippen LogP contribution >= 0.6 is 23.2 Å². The van der Waals surface area contributed by atoms with Crippen molar-refractivity contribution >= 4 is 40.1 Å². The number of carbonyl (C=O) groups excluding carboxylic acids is 1. The number of amides is 1. The molecule has 2 aliphatic heterocycles. The maximum atomic E-state index is 13.6. The van der Waals surface area contributed by atoms with Crippen LogP contribution in [-0.2, 0) is 4.74 Å². The molecule has 2 aromatic carbocycles. The molecule has 3 heterocycles. The van der Waals surface area contributed by atoms with Gasteiger partial charge < -0.3 is 14.1 Å². The highest BCUT2D eigenvalue weighted by atomic mass is 35.5. The topological polar surface area (TPSA) is 63.0 Å². The molecule has 166 valence electrons. The summed E-state index contributed by atoms with van der Waals surface area (Å²) in [6.45, 7) is 6.02. The molecule has 6 nitrogen and oxygen atoms in total. The molecule has 1 amide bonds. The van der Waals surface area contributed by atoms with Crippen LogP contribution < -0.4 is 5.43 Å². The van der Waals surface area contributed by atoms with Crippen molar-refractivity contribution in [1.29, 1.82) is 0 Å². The van der Waals surface area contributed by atoms with Gasteiger partial charge in [-0.05, 0) is 36.8 Å². The van der Waals surface area contributed by atoms with E-state index in [2.05, 4.69) is 4.90 Å². The number of hydrogen-bond donors (Lipinski definition) is 0. The van der Waals surface area contributed by atoms with Crippen LogP contribution in [0.4, 0.5) is 0 Å². The number of ether oxygens (including phenoxy) is 1. The maximum Gasteiger partial charge on any atom is 0.290 e. The zero-order valence-electron chi connectivity index (χ0n) is 17.6. The number of halogens is 2. The minimum Gasteiger partial charge on any atom is -0.450 e. The molecule has 32 heavy (non-hydrogen) atoms. The molecule has 0 bridgehead atoms. The van der Waals surface area contributed by atoms with Gasteiger partial charge in [-0.25, -0.2) is 0 Å². The van der Waals surface area contributed by atoms with E-state index in [1.807, 2.05) is 19.1 Å². The first-order chi connectivity index (χ1) is 15.4. The van der Waals surface area contributed by atoms with Crippen molar-refractivity contribution in [3.05, 3.63) is 79.1 Å². The molecule has 0 aliphatic carbocycles. The molecule has 1 atom stereocenters. The van der Waals surface area contributed by atoms with Crippen LogP contribution in [0.15, 0.2) is 45.6 Å². The largest absolute Gasteiger partial charge is 0.450 e. The fraction of sp³-hybridized carbons (Fsp3) is 0.333. The Kier molecular flexibility index (Phi) is 5.72. The number of nitrogens with zero attached hydrogens (tertiary/aromatic N) is 2. The summed E-state index contributed by atoms with van der Waals surface area (Å²) >= 11 is 12.4. The quantitative estimate of drug-likeness (QED) is 0.566. The van der Waals surface area contributed by atoms with E-state index in [0.29, 0.717) is 52.9 Å². The van der Waals surface area contributed by atoms with E-state index in [1.165, 1.54) is 0 Å². The Morgan fingerprint density at radius 1 is 1.00 bits per heavy atom.